The predicted molar refractivity (Wildman–Crippen MR) is 108 cm³/mol. The van der Waals surface area contributed by atoms with Gasteiger partial charge in [-0.3, -0.25) is 19.1 Å². The molecule has 4 aromatic rings. The number of H-pyrrole nitrogens is 3. The van der Waals surface area contributed by atoms with Gasteiger partial charge in [0.2, 0.25) is 5.91 Å². The summed E-state index contributed by atoms with van der Waals surface area (Å²) < 4.78 is 1.26. The molecule has 4 N–H and O–H groups in total. The first-order valence-electron chi connectivity index (χ1n) is 9.39. The number of benzene rings is 1. The van der Waals surface area contributed by atoms with E-state index < -0.39 is 11.2 Å². The van der Waals surface area contributed by atoms with Gasteiger partial charge in [0, 0.05) is 32.9 Å². The van der Waals surface area contributed by atoms with Gasteiger partial charge < -0.3 is 15.3 Å². The molecule has 1 amide bonds. The number of hydrogen-bond donors (Lipinski definition) is 4. The van der Waals surface area contributed by atoms with Gasteiger partial charge in [0.15, 0.2) is 5.65 Å². The van der Waals surface area contributed by atoms with Gasteiger partial charge in [0.25, 0.3) is 5.56 Å². The molecule has 10 heteroatoms. The highest BCUT2D eigenvalue weighted by molar-refractivity contribution is 5.76. The van der Waals surface area contributed by atoms with Crippen LogP contribution in [0.4, 0.5) is 0 Å². The number of aromatic amines is 3. The second-order valence-electron chi connectivity index (χ2n) is 6.85. The Labute approximate surface area is 164 Å². The number of hydrogen-bond acceptors (Lipinski definition) is 5. The van der Waals surface area contributed by atoms with Crippen molar-refractivity contribution in [2.24, 2.45) is 7.05 Å². The molecule has 29 heavy (non-hydrogen) atoms. The van der Waals surface area contributed by atoms with Crippen molar-refractivity contribution in [2.75, 3.05) is 6.54 Å². The van der Waals surface area contributed by atoms with Crippen LogP contribution in [-0.2, 0) is 24.7 Å². The molecule has 0 aliphatic heterocycles. The molecule has 0 spiro atoms. The normalized spacial score (nSPS) is 11.3. The summed E-state index contributed by atoms with van der Waals surface area (Å²) in [4.78, 5) is 52.6. The van der Waals surface area contributed by atoms with Crippen LogP contribution >= 0.6 is 0 Å². The van der Waals surface area contributed by atoms with Crippen LogP contribution in [-0.4, -0.2) is 41.9 Å². The second kappa shape index (κ2) is 7.74. The highest BCUT2D eigenvalue weighted by atomic mass is 16.2. The molecule has 0 bridgehead atoms. The van der Waals surface area contributed by atoms with E-state index >= 15 is 0 Å². The molecule has 0 aliphatic rings. The van der Waals surface area contributed by atoms with E-state index in [2.05, 4.69) is 30.2 Å². The molecule has 0 saturated heterocycles. The molecular weight excluding hydrogens is 374 g/mol. The van der Waals surface area contributed by atoms with Gasteiger partial charge in [0.1, 0.15) is 17.2 Å². The highest BCUT2D eigenvalue weighted by Gasteiger charge is 2.12. The van der Waals surface area contributed by atoms with Crippen LogP contribution in [0.1, 0.15) is 24.5 Å². The lowest BCUT2D eigenvalue weighted by Crippen LogP contribution is -2.28. The third kappa shape index (κ3) is 3.96. The number of fused-ring (bicyclic) bond motifs is 2. The largest absolute Gasteiger partial charge is 0.356 e. The van der Waals surface area contributed by atoms with Crippen LogP contribution in [0.15, 0.2) is 33.9 Å². The minimum absolute atomic E-state index is 0.0992. The number of carbonyl (C=O) groups is 1. The van der Waals surface area contributed by atoms with Crippen molar-refractivity contribution in [3.8, 4) is 0 Å². The summed E-state index contributed by atoms with van der Waals surface area (Å²) in [5, 5.41) is 2.88. The molecule has 150 valence electrons. The average molecular weight is 395 g/mol. The van der Waals surface area contributed by atoms with Crippen LogP contribution in [0, 0.1) is 0 Å². The molecule has 0 atom stereocenters. The van der Waals surface area contributed by atoms with Gasteiger partial charge in [-0.15, -0.1) is 0 Å². The molecule has 4 rings (SSSR count). The third-order valence-corrected chi connectivity index (χ3v) is 4.74. The number of nitrogens with one attached hydrogen (secondary N) is 4. The van der Waals surface area contributed by atoms with Crippen LogP contribution in [0.25, 0.3) is 22.2 Å². The zero-order valence-corrected chi connectivity index (χ0v) is 15.9. The van der Waals surface area contributed by atoms with Crippen LogP contribution < -0.4 is 16.6 Å². The van der Waals surface area contributed by atoms with Crippen molar-refractivity contribution >= 4 is 28.1 Å². The Bertz CT molecular complexity index is 1260. The number of imidazole rings is 2. The van der Waals surface area contributed by atoms with Crippen molar-refractivity contribution in [1.82, 2.24) is 34.8 Å². The van der Waals surface area contributed by atoms with E-state index in [1.165, 1.54) is 11.6 Å². The van der Waals surface area contributed by atoms with E-state index in [1.54, 1.807) is 0 Å². The van der Waals surface area contributed by atoms with Gasteiger partial charge in [0.05, 0.1) is 11.0 Å². The monoisotopic (exact) mass is 395 g/mol. The first kappa shape index (κ1) is 18.7. The summed E-state index contributed by atoms with van der Waals surface area (Å²) in [6.45, 7) is 0.546. The van der Waals surface area contributed by atoms with Crippen molar-refractivity contribution in [3.63, 3.8) is 0 Å². The van der Waals surface area contributed by atoms with Gasteiger partial charge in [-0.1, -0.05) is 12.1 Å². The minimum atomic E-state index is -0.525. The molecule has 3 heterocycles. The van der Waals surface area contributed by atoms with E-state index in [0.717, 1.165) is 29.7 Å². The predicted octanol–water partition coefficient (Wildman–Crippen LogP) is 0.508. The Morgan fingerprint density at radius 3 is 2.69 bits per heavy atom. The molecule has 0 aliphatic carbocycles. The number of aromatic nitrogens is 6. The molecule has 0 fully saturated rings. The lowest BCUT2D eigenvalue weighted by molar-refractivity contribution is -0.121. The lowest BCUT2D eigenvalue weighted by atomic mass is 10.2. The summed E-state index contributed by atoms with van der Waals surface area (Å²) in [5.41, 5.74) is 1.41. The lowest BCUT2D eigenvalue weighted by Gasteiger charge is -2.03. The smallest absolute Gasteiger partial charge is 0.329 e. The first-order valence-corrected chi connectivity index (χ1v) is 9.39. The average Bonchev–Trinajstić information content (AvgIpc) is 3.32. The summed E-state index contributed by atoms with van der Waals surface area (Å²) in [5.74, 6) is 1.29. The Hall–Kier alpha value is -3.69. The minimum Gasteiger partial charge on any atom is -0.356 e. The number of rotatable bonds is 7. The number of amides is 1. The Morgan fingerprint density at radius 1 is 1.07 bits per heavy atom. The number of para-hydroxylation sites is 2. The molecule has 1 aromatic carbocycles. The van der Waals surface area contributed by atoms with Crippen molar-refractivity contribution in [1.29, 1.82) is 0 Å². The fourth-order valence-corrected chi connectivity index (χ4v) is 3.20. The summed E-state index contributed by atoms with van der Waals surface area (Å²) >= 11 is 0. The number of carbonyl (C=O) groups excluding carboxylic acids is 1. The molecular formula is C19H21N7O3. The summed E-state index contributed by atoms with van der Waals surface area (Å²) in [6.07, 6.45) is 2.09. The van der Waals surface area contributed by atoms with Crippen LogP contribution in [0.2, 0.25) is 0 Å². The third-order valence-electron chi connectivity index (χ3n) is 4.74. The maximum atomic E-state index is 12.1. The van der Waals surface area contributed by atoms with Gasteiger partial charge >= 0.3 is 5.69 Å². The quantitative estimate of drug-likeness (QED) is 0.337. The molecule has 0 saturated carbocycles. The maximum absolute atomic E-state index is 12.1. The van der Waals surface area contributed by atoms with E-state index in [-0.39, 0.29) is 23.5 Å². The zero-order chi connectivity index (χ0) is 20.4. The van der Waals surface area contributed by atoms with Crippen LogP contribution in [0.3, 0.4) is 0 Å². The van der Waals surface area contributed by atoms with Gasteiger partial charge in [-0.2, -0.15) is 0 Å². The van der Waals surface area contributed by atoms with Gasteiger partial charge in [-0.05, 0) is 18.6 Å². The molecule has 0 unspecified atom stereocenters. The van der Waals surface area contributed by atoms with Crippen LogP contribution in [0.5, 0.6) is 0 Å². The zero-order valence-electron chi connectivity index (χ0n) is 15.9. The molecule has 10 nitrogen and oxygen atoms in total. The highest BCUT2D eigenvalue weighted by Crippen LogP contribution is 2.11. The first-order chi connectivity index (χ1) is 14.0. The Kier molecular flexibility index (Phi) is 4.98. The SMILES string of the molecule is Cn1c(=O)[nH]c(=O)c2[nH]c(CCC(=O)NCCCc3nc4ccccc4[nH]3)nc21. The molecule has 0 radical (unpaired) electrons. The standard InChI is InChI=1S/C19H21N7O3/c1-26-17-16(18(28)25-19(26)29)23-14(24-17)8-9-15(27)20-10-4-7-13-21-11-5-2-3-6-12(11)22-13/h2-3,5-6H,4,7-10H2,1H3,(H,20,27)(H,21,22)(H,23,24)(H,25,28,29). The molecule has 3 aromatic heterocycles. The van der Waals surface area contributed by atoms with Crippen molar-refractivity contribution < 1.29 is 4.79 Å². The number of nitrogens with zero attached hydrogens (tertiary/aromatic N) is 3. The fraction of sp³-hybridized carbons (Fsp3) is 0.316. The maximum Gasteiger partial charge on any atom is 0.329 e. The van der Waals surface area contributed by atoms with Crippen molar-refractivity contribution in [2.45, 2.75) is 25.7 Å². The van der Waals surface area contributed by atoms with E-state index in [4.69, 9.17) is 0 Å². The number of aryl methyl sites for hydroxylation is 3. The van der Waals surface area contributed by atoms with E-state index in [9.17, 15) is 14.4 Å². The fourth-order valence-electron chi connectivity index (χ4n) is 3.20. The summed E-state index contributed by atoms with van der Waals surface area (Å²) in [6, 6.07) is 7.85. The van der Waals surface area contributed by atoms with E-state index in [1.807, 2.05) is 24.3 Å². The Morgan fingerprint density at radius 2 is 1.86 bits per heavy atom. The summed E-state index contributed by atoms with van der Waals surface area (Å²) in [7, 11) is 1.53. The van der Waals surface area contributed by atoms with E-state index in [0.29, 0.717) is 18.8 Å². The van der Waals surface area contributed by atoms with Crippen molar-refractivity contribution in [3.05, 3.63) is 56.8 Å². The second-order valence-corrected chi connectivity index (χ2v) is 6.85. The van der Waals surface area contributed by atoms with Gasteiger partial charge in [-0.25, -0.2) is 14.8 Å². The Balaban J connectivity index is 1.26. The topological polar surface area (TPSA) is 141 Å².